The topological polar surface area (TPSA) is 68.0 Å². The van der Waals surface area contributed by atoms with Gasteiger partial charge in [-0.1, -0.05) is 50.6 Å². The summed E-state index contributed by atoms with van der Waals surface area (Å²) in [5, 5.41) is 4.07. The predicted molar refractivity (Wildman–Crippen MR) is 99.7 cm³/mol. The Morgan fingerprint density at radius 3 is 2.65 bits per heavy atom. The predicted octanol–water partition coefficient (Wildman–Crippen LogP) is 4.12. The molecule has 7 heteroatoms. The summed E-state index contributed by atoms with van der Waals surface area (Å²) in [7, 11) is 0. The van der Waals surface area contributed by atoms with Crippen molar-refractivity contribution in [2.45, 2.75) is 33.2 Å². The number of nitrogens with zero attached hydrogens (tertiary/aromatic N) is 1. The minimum absolute atomic E-state index is 0. The number of anilines is 1. The molecule has 0 unspecified atom stereocenters. The Labute approximate surface area is 151 Å². The van der Waals surface area contributed by atoms with Gasteiger partial charge in [0.2, 0.25) is 5.91 Å². The van der Waals surface area contributed by atoms with E-state index in [1.807, 2.05) is 45.0 Å². The Kier molecular flexibility index (Phi) is 7.02. The third kappa shape index (κ3) is 5.46. The lowest BCUT2D eigenvalue weighted by Gasteiger charge is -2.25. The monoisotopic (exact) mass is 373 g/mol. The number of nitrogens with one attached hydrogen (secondary N) is 1. The molecule has 23 heavy (non-hydrogen) atoms. The summed E-state index contributed by atoms with van der Waals surface area (Å²) < 4.78 is 0. The number of thiazole rings is 1. The molecule has 0 fully saturated rings. The number of carbonyl (C=O) groups is 1. The van der Waals surface area contributed by atoms with E-state index in [1.54, 1.807) is 6.20 Å². The second kappa shape index (κ2) is 8.11. The van der Waals surface area contributed by atoms with Crippen LogP contribution in [0.5, 0.6) is 0 Å². The Balaban J connectivity index is 0.00000264. The van der Waals surface area contributed by atoms with Gasteiger partial charge in [0.25, 0.3) is 0 Å². The smallest absolute Gasteiger partial charge is 0.243 e. The molecule has 126 valence electrons. The first kappa shape index (κ1) is 19.9. The molecule has 1 aromatic carbocycles. The van der Waals surface area contributed by atoms with Crippen molar-refractivity contribution >= 4 is 46.4 Å². The van der Waals surface area contributed by atoms with Gasteiger partial charge >= 0.3 is 0 Å². The maximum atomic E-state index is 12.1. The number of amides is 1. The van der Waals surface area contributed by atoms with Crippen molar-refractivity contribution in [2.75, 3.05) is 5.32 Å². The largest absolute Gasteiger partial charge is 0.319 e. The standard InChI is InChI=1S/C16H20ClN3OS.ClH/c1-16(2,3)13(18)14(21)20-15-19-9-11(22-15)8-10-6-4-5-7-12(10)17;/h4-7,9,13H,8,18H2,1-3H3,(H,19,20,21);1H/t13-;/m1./s1. The third-order valence-electron chi connectivity index (χ3n) is 3.32. The summed E-state index contributed by atoms with van der Waals surface area (Å²) in [6, 6.07) is 7.12. The summed E-state index contributed by atoms with van der Waals surface area (Å²) in [4.78, 5) is 17.4. The molecule has 2 aromatic rings. The quantitative estimate of drug-likeness (QED) is 0.846. The fourth-order valence-corrected chi connectivity index (χ4v) is 2.89. The molecule has 3 N–H and O–H groups in total. The van der Waals surface area contributed by atoms with E-state index < -0.39 is 6.04 Å². The summed E-state index contributed by atoms with van der Waals surface area (Å²) in [5.74, 6) is -0.217. The van der Waals surface area contributed by atoms with Crippen LogP contribution in [0, 0.1) is 5.41 Å². The first-order valence-corrected chi connectivity index (χ1v) is 8.21. The van der Waals surface area contributed by atoms with Crippen molar-refractivity contribution in [1.82, 2.24) is 4.98 Å². The number of benzene rings is 1. The highest BCUT2D eigenvalue weighted by molar-refractivity contribution is 7.15. The Morgan fingerprint density at radius 2 is 2.04 bits per heavy atom. The molecule has 1 atom stereocenters. The second-order valence-electron chi connectivity index (χ2n) is 6.23. The van der Waals surface area contributed by atoms with Gasteiger partial charge < -0.3 is 11.1 Å². The fourth-order valence-electron chi connectivity index (χ4n) is 1.85. The number of hydrogen-bond acceptors (Lipinski definition) is 4. The average molecular weight is 374 g/mol. The molecule has 0 saturated carbocycles. The van der Waals surface area contributed by atoms with Crippen LogP contribution in [-0.2, 0) is 11.2 Å². The molecule has 2 rings (SSSR count). The van der Waals surface area contributed by atoms with Crippen molar-refractivity contribution in [2.24, 2.45) is 11.1 Å². The van der Waals surface area contributed by atoms with E-state index in [0.29, 0.717) is 11.6 Å². The van der Waals surface area contributed by atoms with Crippen molar-refractivity contribution in [3.63, 3.8) is 0 Å². The van der Waals surface area contributed by atoms with Gasteiger partial charge in [0, 0.05) is 22.5 Å². The molecule has 0 spiro atoms. The van der Waals surface area contributed by atoms with E-state index in [0.717, 1.165) is 15.5 Å². The summed E-state index contributed by atoms with van der Waals surface area (Å²) in [5.41, 5.74) is 6.69. The molecule has 0 aliphatic carbocycles. The van der Waals surface area contributed by atoms with Crippen molar-refractivity contribution in [1.29, 1.82) is 0 Å². The molecular formula is C16H21Cl2N3OS. The van der Waals surface area contributed by atoms with Crippen LogP contribution < -0.4 is 11.1 Å². The Hall–Kier alpha value is -1.14. The van der Waals surface area contributed by atoms with E-state index >= 15 is 0 Å². The Morgan fingerprint density at radius 1 is 1.39 bits per heavy atom. The number of rotatable bonds is 4. The zero-order chi connectivity index (χ0) is 16.3. The maximum Gasteiger partial charge on any atom is 0.243 e. The zero-order valence-corrected chi connectivity index (χ0v) is 15.7. The van der Waals surface area contributed by atoms with E-state index in [4.69, 9.17) is 17.3 Å². The van der Waals surface area contributed by atoms with Crippen LogP contribution >= 0.6 is 35.3 Å². The molecule has 0 saturated heterocycles. The highest BCUT2D eigenvalue weighted by atomic mass is 35.5. The van der Waals surface area contributed by atoms with Gasteiger partial charge in [0.1, 0.15) is 0 Å². The van der Waals surface area contributed by atoms with Gasteiger partial charge in [0.05, 0.1) is 6.04 Å². The second-order valence-corrected chi connectivity index (χ2v) is 7.76. The van der Waals surface area contributed by atoms with E-state index in [1.165, 1.54) is 11.3 Å². The fraction of sp³-hybridized carbons (Fsp3) is 0.375. The van der Waals surface area contributed by atoms with Gasteiger partial charge in [-0.2, -0.15) is 0 Å². The third-order valence-corrected chi connectivity index (χ3v) is 4.60. The molecule has 1 amide bonds. The molecular weight excluding hydrogens is 353 g/mol. The van der Waals surface area contributed by atoms with Gasteiger partial charge in [-0.05, 0) is 17.0 Å². The van der Waals surface area contributed by atoms with Gasteiger partial charge in [-0.3, -0.25) is 4.79 Å². The lowest BCUT2D eigenvalue weighted by molar-refractivity contribution is -0.119. The first-order chi connectivity index (χ1) is 10.3. The Bertz CT molecular complexity index is 667. The minimum atomic E-state index is -0.580. The summed E-state index contributed by atoms with van der Waals surface area (Å²) in [6.45, 7) is 5.80. The number of hydrogen-bond donors (Lipinski definition) is 2. The molecule has 0 radical (unpaired) electrons. The summed E-state index contributed by atoms with van der Waals surface area (Å²) in [6.07, 6.45) is 2.45. The lowest BCUT2D eigenvalue weighted by Crippen LogP contribution is -2.45. The van der Waals surface area contributed by atoms with Crippen LogP contribution in [0.3, 0.4) is 0 Å². The molecule has 0 aliphatic heterocycles. The normalized spacial score (nSPS) is 12.4. The first-order valence-electron chi connectivity index (χ1n) is 7.02. The highest BCUT2D eigenvalue weighted by Gasteiger charge is 2.27. The van der Waals surface area contributed by atoms with Crippen LogP contribution in [0.2, 0.25) is 5.02 Å². The molecule has 0 aliphatic rings. The number of carbonyl (C=O) groups excluding carboxylic acids is 1. The molecule has 1 aromatic heterocycles. The van der Waals surface area contributed by atoms with Crippen LogP contribution in [0.1, 0.15) is 31.2 Å². The molecule has 1 heterocycles. The van der Waals surface area contributed by atoms with Crippen molar-refractivity contribution in [3.05, 3.63) is 45.9 Å². The zero-order valence-electron chi connectivity index (χ0n) is 13.3. The summed E-state index contributed by atoms with van der Waals surface area (Å²) >= 11 is 7.59. The van der Waals surface area contributed by atoms with E-state index in [2.05, 4.69) is 10.3 Å². The van der Waals surface area contributed by atoms with E-state index in [9.17, 15) is 4.79 Å². The van der Waals surface area contributed by atoms with Crippen LogP contribution in [0.4, 0.5) is 5.13 Å². The van der Waals surface area contributed by atoms with Gasteiger partial charge in [-0.25, -0.2) is 4.98 Å². The lowest BCUT2D eigenvalue weighted by atomic mass is 9.87. The molecule has 0 bridgehead atoms. The van der Waals surface area contributed by atoms with Crippen LogP contribution in [0.15, 0.2) is 30.5 Å². The number of nitrogens with two attached hydrogens (primary N) is 1. The van der Waals surface area contributed by atoms with Crippen molar-refractivity contribution in [3.8, 4) is 0 Å². The highest BCUT2D eigenvalue weighted by Crippen LogP contribution is 2.25. The van der Waals surface area contributed by atoms with Gasteiger partial charge in [0.15, 0.2) is 5.13 Å². The molecule has 4 nitrogen and oxygen atoms in total. The van der Waals surface area contributed by atoms with E-state index in [-0.39, 0.29) is 23.7 Å². The maximum absolute atomic E-state index is 12.1. The van der Waals surface area contributed by atoms with Crippen LogP contribution in [0.25, 0.3) is 0 Å². The number of aromatic nitrogens is 1. The number of halogens is 2. The minimum Gasteiger partial charge on any atom is -0.319 e. The average Bonchev–Trinajstić information content (AvgIpc) is 2.86. The SMILES string of the molecule is CC(C)(C)[C@H](N)C(=O)Nc1ncc(Cc2ccccc2Cl)s1.Cl. The van der Waals surface area contributed by atoms with Crippen LogP contribution in [-0.4, -0.2) is 16.9 Å². The van der Waals surface area contributed by atoms with Gasteiger partial charge in [-0.15, -0.1) is 23.7 Å². The van der Waals surface area contributed by atoms with Crippen molar-refractivity contribution < 1.29 is 4.79 Å².